The van der Waals surface area contributed by atoms with Gasteiger partial charge in [-0.2, -0.15) is 0 Å². The number of para-hydroxylation sites is 1. The number of rotatable bonds is 5. The summed E-state index contributed by atoms with van der Waals surface area (Å²) in [5, 5.41) is 2.98. The molecule has 7 heteroatoms. The number of hydrogen-bond acceptors (Lipinski definition) is 4. The van der Waals surface area contributed by atoms with Crippen LogP contribution in [0.3, 0.4) is 0 Å². The van der Waals surface area contributed by atoms with Crippen molar-refractivity contribution in [3.8, 4) is 5.75 Å². The number of carbonyl (C=O) groups excluding carboxylic acids is 1. The van der Waals surface area contributed by atoms with E-state index in [4.69, 9.17) is 4.74 Å². The van der Waals surface area contributed by atoms with Gasteiger partial charge in [-0.1, -0.05) is 38.1 Å². The van der Waals surface area contributed by atoms with Crippen molar-refractivity contribution < 1.29 is 17.9 Å². The van der Waals surface area contributed by atoms with Crippen molar-refractivity contribution in [2.75, 3.05) is 22.4 Å². The zero-order chi connectivity index (χ0) is 20.5. The van der Waals surface area contributed by atoms with Crippen LogP contribution in [-0.4, -0.2) is 33.2 Å². The minimum absolute atomic E-state index is 0.0587. The molecule has 2 aromatic rings. The molecule has 1 atom stereocenters. The highest BCUT2D eigenvalue weighted by Gasteiger charge is 2.35. The number of carbonyl (C=O) groups is 1. The second-order valence-electron chi connectivity index (χ2n) is 7.02. The van der Waals surface area contributed by atoms with Crippen molar-refractivity contribution in [3.05, 3.63) is 53.1 Å². The van der Waals surface area contributed by atoms with Crippen molar-refractivity contribution in [1.82, 2.24) is 0 Å². The van der Waals surface area contributed by atoms with Crippen LogP contribution in [0, 0.1) is 6.92 Å². The molecule has 0 spiro atoms. The zero-order valence-electron chi connectivity index (χ0n) is 16.7. The Labute approximate surface area is 166 Å². The lowest BCUT2D eigenvalue weighted by Crippen LogP contribution is -2.48. The highest BCUT2D eigenvalue weighted by atomic mass is 32.2. The molecule has 2 aromatic carbocycles. The third-order valence-electron chi connectivity index (χ3n) is 4.92. The first kappa shape index (κ1) is 20.2. The Morgan fingerprint density at radius 2 is 1.82 bits per heavy atom. The minimum atomic E-state index is -3.55. The molecule has 0 aliphatic carbocycles. The standard InChI is InChI=1S/C21H26N2O4S/c1-5-15-8-7-9-16(6-2)20(15)22-21(24)19-13-23(28(4,25)26)17-12-14(3)10-11-18(17)27-19/h7-12,19H,5-6,13H2,1-4H3,(H,22,24)/t19-/m1/s1. The maximum atomic E-state index is 13.0. The topological polar surface area (TPSA) is 75.7 Å². The number of anilines is 2. The van der Waals surface area contributed by atoms with Crippen molar-refractivity contribution >= 4 is 27.3 Å². The molecule has 0 radical (unpaired) electrons. The maximum Gasteiger partial charge on any atom is 0.267 e. The molecule has 6 nitrogen and oxygen atoms in total. The number of benzene rings is 2. The van der Waals surface area contributed by atoms with Crippen molar-refractivity contribution in [3.63, 3.8) is 0 Å². The van der Waals surface area contributed by atoms with E-state index in [1.165, 1.54) is 4.31 Å². The number of nitrogens with one attached hydrogen (secondary N) is 1. The fraction of sp³-hybridized carbons (Fsp3) is 0.381. The molecular formula is C21H26N2O4S. The van der Waals surface area contributed by atoms with Crippen molar-refractivity contribution in [1.29, 1.82) is 0 Å². The Morgan fingerprint density at radius 3 is 2.39 bits per heavy atom. The lowest BCUT2D eigenvalue weighted by Gasteiger charge is -2.34. The van der Waals surface area contributed by atoms with E-state index in [0.717, 1.165) is 41.5 Å². The molecular weight excluding hydrogens is 376 g/mol. The van der Waals surface area contributed by atoms with Gasteiger partial charge in [-0.15, -0.1) is 0 Å². The average Bonchev–Trinajstić information content (AvgIpc) is 2.66. The van der Waals surface area contributed by atoms with Crippen molar-refractivity contribution in [2.45, 2.75) is 39.7 Å². The Balaban J connectivity index is 1.93. The molecule has 1 N–H and O–H groups in total. The van der Waals surface area contributed by atoms with Crippen LogP contribution in [0.15, 0.2) is 36.4 Å². The number of nitrogens with zero attached hydrogens (tertiary/aromatic N) is 1. The number of sulfonamides is 1. The molecule has 0 aromatic heterocycles. The monoisotopic (exact) mass is 402 g/mol. The van der Waals surface area contributed by atoms with Gasteiger partial charge >= 0.3 is 0 Å². The Kier molecular flexibility index (Phi) is 5.65. The zero-order valence-corrected chi connectivity index (χ0v) is 17.5. The first-order valence-corrected chi connectivity index (χ1v) is 11.3. The Morgan fingerprint density at radius 1 is 1.18 bits per heavy atom. The average molecular weight is 403 g/mol. The van der Waals surface area contributed by atoms with Crippen molar-refractivity contribution in [2.24, 2.45) is 0 Å². The fourth-order valence-electron chi connectivity index (χ4n) is 3.42. The van der Waals surface area contributed by atoms with Crippen LogP contribution >= 0.6 is 0 Å². The van der Waals surface area contributed by atoms with E-state index in [1.54, 1.807) is 12.1 Å². The van der Waals surface area contributed by atoms with E-state index in [1.807, 2.05) is 45.0 Å². The minimum Gasteiger partial charge on any atom is -0.476 e. The quantitative estimate of drug-likeness (QED) is 0.833. The first-order valence-electron chi connectivity index (χ1n) is 9.41. The lowest BCUT2D eigenvalue weighted by atomic mass is 10.0. The van der Waals surface area contributed by atoms with Gasteiger partial charge in [0, 0.05) is 5.69 Å². The predicted octanol–water partition coefficient (Wildman–Crippen LogP) is 3.29. The van der Waals surface area contributed by atoms with E-state index in [9.17, 15) is 13.2 Å². The fourth-order valence-corrected chi connectivity index (χ4v) is 4.32. The maximum absolute atomic E-state index is 13.0. The number of hydrogen-bond donors (Lipinski definition) is 1. The summed E-state index contributed by atoms with van der Waals surface area (Å²) in [6, 6.07) is 11.2. The summed E-state index contributed by atoms with van der Waals surface area (Å²) in [7, 11) is -3.55. The van der Waals surface area contributed by atoms with Gasteiger partial charge in [0.05, 0.1) is 18.5 Å². The van der Waals surface area contributed by atoms with Crippen LogP contribution in [0.1, 0.15) is 30.5 Å². The highest BCUT2D eigenvalue weighted by Crippen LogP contribution is 2.36. The summed E-state index contributed by atoms with van der Waals surface area (Å²) < 4.78 is 31.8. The largest absolute Gasteiger partial charge is 0.476 e. The van der Waals surface area contributed by atoms with E-state index in [0.29, 0.717) is 11.4 Å². The van der Waals surface area contributed by atoms with E-state index in [-0.39, 0.29) is 12.5 Å². The van der Waals surface area contributed by atoms with Gasteiger partial charge in [-0.05, 0) is 48.6 Å². The summed E-state index contributed by atoms with van der Waals surface area (Å²) in [5.74, 6) is 0.0393. The molecule has 0 saturated carbocycles. The molecule has 28 heavy (non-hydrogen) atoms. The molecule has 1 aliphatic rings. The van der Waals surface area contributed by atoms with E-state index < -0.39 is 16.1 Å². The molecule has 0 saturated heterocycles. The number of amides is 1. The van der Waals surface area contributed by atoms with Gasteiger partial charge in [0.1, 0.15) is 5.75 Å². The molecule has 1 amide bonds. The normalized spacial score (nSPS) is 16.3. The van der Waals surface area contributed by atoms with Gasteiger partial charge in [-0.3, -0.25) is 9.10 Å². The summed E-state index contributed by atoms with van der Waals surface area (Å²) in [4.78, 5) is 13.0. The van der Waals surface area contributed by atoms with E-state index >= 15 is 0 Å². The van der Waals surface area contributed by atoms with Crippen LogP contribution in [-0.2, 0) is 27.7 Å². The van der Waals surface area contributed by atoms with Crippen LogP contribution in [0.5, 0.6) is 5.75 Å². The SMILES string of the molecule is CCc1cccc(CC)c1NC(=O)[C@H]1CN(S(C)(=O)=O)c2cc(C)ccc2O1. The molecule has 1 heterocycles. The molecule has 0 bridgehead atoms. The third-order valence-corrected chi connectivity index (χ3v) is 6.07. The summed E-state index contributed by atoms with van der Waals surface area (Å²) >= 11 is 0. The molecule has 1 aliphatic heterocycles. The summed E-state index contributed by atoms with van der Waals surface area (Å²) in [6.45, 7) is 5.89. The van der Waals surface area contributed by atoms with Crippen LogP contribution in [0.2, 0.25) is 0 Å². The third kappa shape index (κ3) is 3.99. The second kappa shape index (κ2) is 7.83. The van der Waals surface area contributed by atoms with Gasteiger partial charge < -0.3 is 10.1 Å². The molecule has 150 valence electrons. The molecule has 0 fully saturated rings. The van der Waals surface area contributed by atoms with Gasteiger partial charge in [0.25, 0.3) is 5.91 Å². The number of ether oxygens (including phenoxy) is 1. The highest BCUT2D eigenvalue weighted by molar-refractivity contribution is 7.92. The van der Waals surface area contributed by atoms with Gasteiger partial charge in [0.15, 0.2) is 6.10 Å². The number of fused-ring (bicyclic) bond motifs is 1. The smallest absolute Gasteiger partial charge is 0.267 e. The predicted molar refractivity (Wildman–Crippen MR) is 112 cm³/mol. The summed E-state index contributed by atoms with van der Waals surface area (Å²) in [5.41, 5.74) is 4.26. The van der Waals surface area contributed by atoms with Gasteiger partial charge in [0.2, 0.25) is 10.0 Å². The Hall–Kier alpha value is -2.54. The molecule has 3 rings (SSSR count). The molecule has 0 unspecified atom stereocenters. The first-order chi connectivity index (χ1) is 13.2. The van der Waals surface area contributed by atoms with Crippen LogP contribution in [0.4, 0.5) is 11.4 Å². The van der Waals surface area contributed by atoms with E-state index in [2.05, 4.69) is 5.32 Å². The summed E-state index contributed by atoms with van der Waals surface area (Å²) in [6.07, 6.45) is 1.78. The van der Waals surface area contributed by atoms with Crippen LogP contribution in [0.25, 0.3) is 0 Å². The second-order valence-corrected chi connectivity index (χ2v) is 8.93. The number of aryl methyl sites for hydroxylation is 3. The lowest BCUT2D eigenvalue weighted by molar-refractivity contribution is -0.122. The van der Waals surface area contributed by atoms with Gasteiger partial charge in [-0.25, -0.2) is 8.42 Å². The Bertz CT molecular complexity index is 979. The van der Waals surface area contributed by atoms with Crippen LogP contribution < -0.4 is 14.4 Å².